The van der Waals surface area contributed by atoms with Crippen molar-refractivity contribution in [2.45, 2.75) is 6.54 Å². The molecule has 0 aliphatic carbocycles. The lowest BCUT2D eigenvalue weighted by Crippen LogP contribution is -2.26. The van der Waals surface area contributed by atoms with Gasteiger partial charge in [0, 0.05) is 12.6 Å². The Labute approximate surface area is 117 Å². The molecule has 20 heavy (non-hydrogen) atoms. The molecule has 0 saturated heterocycles. The van der Waals surface area contributed by atoms with Crippen LogP contribution in [0.5, 0.6) is 5.75 Å². The van der Waals surface area contributed by atoms with Gasteiger partial charge in [0.1, 0.15) is 24.5 Å². The lowest BCUT2D eigenvalue weighted by atomic mass is 10.2. The van der Waals surface area contributed by atoms with Crippen LogP contribution in [0.3, 0.4) is 0 Å². The number of amides is 1. The van der Waals surface area contributed by atoms with E-state index in [-0.39, 0.29) is 5.91 Å². The van der Waals surface area contributed by atoms with E-state index in [1.165, 1.54) is 6.33 Å². The second kappa shape index (κ2) is 6.51. The molecule has 1 aromatic heterocycles. The Hall–Kier alpha value is -2.63. The summed E-state index contributed by atoms with van der Waals surface area (Å²) in [6, 6.07) is 6.99. The molecule has 0 atom stereocenters. The maximum Gasteiger partial charge on any atom is 0.254 e. The molecule has 0 unspecified atom stereocenters. The van der Waals surface area contributed by atoms with Gasteiger partial charge in [-0.05, 0) is 24.3 Å². The summed E-state index contributed by atoms with van der Waals surface area (Å²) in [5, 5.41) is 6.47. The summed E-state index contributed by atoms with van der Waals surface area (Å²) in [5.74, 6) is 1.27. The Morgan fingerprint density at radius 2 is 2.20 bits per heavy atom. The van der Waals surface area contributed by atoms with Crippen molar-refractivity contribution < 1.29 is 9.53 Å². The second-order valence-electron chi connectivity index (χ2n) is 4.22. The molecular formula is C14H16N4O2. The summed E-state index contributed by atoms with van der Waals surface area (Å²) in [4.78, 5) is 17.8. The number of rotatable bonds is 6. The third-order valence-electron chi connectivity index (χ3n) is 2.67. The van der Waals surface area contributed by atoms with E-state index in [0.717, 1.165) is 0 Å². The predicted octanol–water partition coefficient (Wildman–Crippen LogP) is 1.64. The van der Waals surface area contributed by atoms with Gasteiger partial charge in [0.15, 0.2) is 0 Å². The highest BCUT2D eigenvalue weighted by Gasteiger charge is 2.13. The molecule has 1 N–H and O–H groups in total. The molecule has 1 heterocycles. The minimum atomic E-state index is -0.0864. The molecule has 0 bridgehead atoms. The molecule has 0 aliphatic rings. The van der Waals surface area contributed by atoms with Gasteiger partial charge in [-0.1, -0.05) is 12.7 Å². The largest absolute Gasteiger partial charge is 0.490 e. The highest BCUT2D eigenvalue weighted by molar-refractivity contribution is 5.94. The van der Waals surface area contributed by atoms with Crippen molar-refractivity contribution >= 4 is 5.91 Å². The minimum Gasteiger partial charge on any atom is -0.490 e. The van der Waals surface area contributed by atoms with Gasteiger partial charge in [0.25, 0.3) is 5.91 Å². The SMILES string of the molecule is C=CCOc1ccc(C(=O)N(C)Cc2ncn[nH]2)cc1. The first kappa shape index (κ1) is 13.8. The smallest absolute Gasteiger partial charge is 0.254 e. The Balaban J connectivity index is 1.99. The number of hydrogen-bond acceptors (Lipinski definition) is 4. The van der Waals surface area contributed by atoms with Gasteiger partial charge in [-0.15, -0.1) is 0 Å². The molecule has 1 amide bonds. The monoisotopic (exact) mass is 272 g/mol. The second-order valence-corrected chi connectivity index (χ2v) is 4.22. The Morgan fingerprint density at radius 3 is 2.80 bits per heavy atom. The van der Waals surface area contributed by atoms with Crippen LogP contribution in [0.25, 0.3) is 0 Å². The number of nitrogens with one attached hydrogen (secondary N) is 1. The first-order valence-electron chi connectivity index (χ1n) is 6.14. The Morgan fingerprint density at radius 1 is 1.45 bits per heavy atom. The number of carbonyl (C=O) groups excluding carboxylic acids is 1. The minimum absolute atomic E-state index is 0.0864. The molecule has 0 aliphatic heterocycles. The van der Waals surface area contributed by atoms with Gasteiger partial charge in [-0.3, -0.25) is 9.89 Å². The number of ether oxygens (including phenoxy) is 1. The fourth-order valence-corrected chi connectivity index (χ4v) is 1.67. The number of benzene rings is 1. The highest BCUT2D eigenvalue weighted by Crippen LogP contribution is 2.14. The average Bonchev–Trinajstić information content (AvgIpc) is 2.97. The van der Waals surface area contributed by atoms with Crippen LogP contribution in [0.4, 0.5) is 0 Å². The van der Waals surface area contributed by atoms with Crippen molar-refractivity contribution in [2.75, 3.05) is 13.7 Å². The van der Waals surface area contributed by atoms with Crippen LogP contribution in [-0.2, 0) is 6.54 Å². The van der Waals surface area contributed by atoms with E-state index in [1.54, 1.807) is 42.3 Å². The number of nitrogens with zero attached hydrogens (tertiary/aromatic N) is 3. The molecule has 1 aromatic carbocycles. The normalized spacial score (nSPS) is 10.1. The number of aromatic nitrogens is 3. The van der Waals surface area contributed by atoms with Crippen LogP contribution in [-0.4, -0.2) is 39.6 Å². The number of H-pyrrole nitrogens is 1. The first-order chi connectivity index (χ1) is 9.70. The summed E-state index contributed by atoms with van der Waals surface area (Å²) in [5.41, 5.74) is 0.595. The average molecular weight is 272 g/mol. The zero-order valence-corrected chi connectivity index (χ0v) is 11.2. The fraction of sp³-hybridized carbons (Fsp3) is 0.214. The van der Waals surface area contributed by atoms with E-state index in [0.29, 0.717) is 30.3 Å². The van der Waals surface area contributed by atoms with Crippen molar-refractivity contribution in [3.63, 3.8) is 0 Å². The van der Waals surface area contributed by atoms with Crippen LogP contribution in [0.15, 0.2) is 43.2 Å². The Kier molecular flexibility index (Phi) is 4.49. The number of carbonyl (C=O) groups is 1. The molecule has 6 nitrogen and oxygen atoms in total. The van der Waals surface area contributed by atoms with Gasteiger partial charge >= 0.3 is 0 Å². The molecule has 0 spiro atoms. The topological polar surface area (TPSA) is 71.1 Å². The van der Waals surface area contributed by atoms with Crippen molar-refractivity contribution in [3.8, 4) is 5.75 Å². The van der Waals surface area contributed by atoms with Crippen LogP contribution < -0.4 is 4.74 Å². The van der Waals surface area contributed by atoms with Crippen molar-refractivity contribution in [2.24, 2.45) is 0 Å². The molecule has 6 heteroatoms. The fourth-order valence-electron chi connectivity index (χ4n) is 1.67. The van der Waals surface area contributed by atoms with Crippen molar-refractivity contribution in [1.82, 2.24) is 20.1 Å². The van der Waals surface area contributed by atoms with Gasteiger partial charge in [-0.2, -0.15) is 5.10 Å². The van der Waals surface area contributed by atoms with E-state index in [4.69, 9.17) is 4.74 Å². The van der Waals surface area contributed by atoms with Crippen LogP contribution in [0, 0.1) is 0 Å². The van der Waals surface area contributed by atoms with Crippen molar-refractivity contribution in [3.05, 3.63) is 54.6 Å². The summed E-state index contributed by atoms with van der Waals surface area (Å²) in [6.07, 6.45) is 3.09. The standard InChI is InChI=1S/C14H16N4O2/c1-3-8-20-12-6-4-11(5-7-12)14(19)18(2)9-13-15-10-16-17-13/h3-7,10H,1,8-9H2,2H3,(H,15,16,17). The van der Waals surface area contributed by atoms with Crippen LogP contribution in [0.2, 0.25) is 0 Å². The van der Waals surface area contributed by atoms with Gasteiger partial charge in [0.2, 0.25) is 0 Å². The quantitative estimate of drug-likeness (QED) is 0.811. The Bertz CT molecular complexity index is 563. The molecule has 0 radical (unpaired) electrons. The van der Waals surface area contributed by atoms with Crippen molar-refractivity contribution in [1.29, 1.82) is 0 Å². The summed E-state index contributed by atoms with van der Waals surface area (Å²) >= 11 is 0. The van der Waals surface area contributed by atoms with Gasteiger partial charge in [0.05, 0.1) is 6.54 Å². The molecular weight excluding hydrogens is 256 g/mol. The number of aromatic amines is 1. The van der Waals surface area contributed by atoms with E-state index >= 15 is 0 Å². The summed E-state index contributed by atoms with van der Waals surface area (Å²) in [7, 11) is 1.72. The molecule has 104 valence electrons. The maximum atomic E-state index is 12.2. The zero-order chi connectivity index (χ0) is 14.4. The third kappa shape index (κ3) is 3.44. The van der Waals surface area contributed by atoms with Crippen LogP contribution in [0.1, 0.15) is 16.2 Å². The predicted molar refractivity (Wildman–Crippen MR) is 74.3 cm³/mol. The van der Waals surface area contributed by atoms with E-state index in [1.807, 2.05) is 0 Å². The molecule has 2 aromatic rings. The van der Waals surface area contributed by atoms with E-state index < -0.39 is 0 Å². The zero-order valence-electron chi connectivity index (χ0n) is 11.2. The lowest BCUT2D eigenvalue weighted by molar-refractivity contribution is 0.0781. The molecule has 0 saturated carbocycles. The van der Waals surface area contributed by atoms with E-state index in [9.17, 15) is 4.79 Å². The summed E-state index contributed by atoms with van der Waals surface area (Å²) < 4.78 is 5.37. The summed E-state index contributed by atoms with van der Waals surface area (Å²) in [6.45, 7) is 4.41. The van der Waals surface area contributed by atoms with E-state index in [2.05, 4.69) is 21.8 Å². The third-order valence-corrected chi connectivity index (χ3v) is 2.67. The van der Waals surface area contributed by atoms with Gasteiger partial charge in [-0.25, -0.2) is 4.98 Å². The maximum absolute atomic E-state index is 12.2. The molecule has 2 rings (SSSR count). The van der Waals surface area contributed by atoms with Gasteiger partial charge < -0.3 is 9.64 Å². The first-order valence-corrected chi connectivity index (χ1v) is 6.14. The van der Waals surface area contributed by atoms with Crippen LogP contribution >= 0.6 is 0 Å². The lowest BCUT2D eigenvalue weighted by Gasteiger charge is -2.15. The highest BCUT2D eigenvalue weighted by atomic mass is 16.5. The molecule has 0 fully saturated rings. The number of hydrogen-bond donors (Lipinski definition) is 1.